The zero-order valence-corrected chi connectivity index (χ0v) is 10.6. The number of rotatable bonds is 2. The van der Waals surface area contributed by atoms with Gasteiger partial charge in [0.1, 0.15) is 19.0 Å². The first-order valence-electron chi connectivity index (χ1n) is 6.34. The third-order valence-corrected chi connectivity index (χ3v) is 3.13. The highest BCUT2D eigenvalue weighted by molar-refractivity contribution is 5.63. The Morgan fingerprint density at radius 3 is 2.95 bits per heavy atom. The van der Waals surface area contributed by atoms with E-state index < -0.39 is 0 Å². The molecule has 6 heteroatoms. The second-order valence-corrected chi connectivity index (χ2v) is 4.43. The van der Waals surface area contributed by atoms with Crippen molar-refractivity contribution in [1.29, 1.82) is 0 Å². The number of hydrogen-bond donors (Lipinski definition) is 1. The van der Waals surface area contributed by atoms with Crippen molar-refractivity contribution in [2.24, 2.45) is 0 Å². The molecular weight excluding hydrogens is 256 g/mol. The summed E-state index contributed by atoms with van der Waals surface area (Å²) >= 11 is 0. The van der Waals surface area contributed by atoms with Gasteiger partial charge in [-0.25, -0.2) is 4.98 Å². The predicted octanol–water partition coefficient (Wildman–Crippen LogP) is 2.24. The third-order valence-electron chi connectivity index (χ3n) is 3.13. The molecular formula is C14H12N4O2. The summed E-state index contributed by atoms with van der Waals surface area (Å²) in [5.74, 6) is 2.42. The lowest BCUT2D eigenvalue weighted by Gasteiger charge is -2.19. The van der Waals surface area contributed by atoms with Crippen LogP contribution in [0.4, 0.5) is 11.5 Å². The molecule has 1 aliphatic rings. The Kier molecular flexibility index (Phi) is 2.45. The van der Waals surface area contributed by atoms with Crippen molar-refractivity contribution in [2.45, 2.75) is 0 Å². The first-order chi connectivity index (χ1) is 9.90. The average Bonchev–Trinajstić information content (AvgIpc) is 2.91. The summed E-state index contributed by atoms with van der Waals surface area (Å²) in [4.78, 5) is 8.33. The number of benzene rings is 1. The van der Waals surface area contributed by atoms with Gasteiger partial charge in [0.05, 0.1) is 12.4 Å². The summed E-state index contributed by atoms with van der Waals surface area (Å²) in [5, 5.41) is 3.31. The minimum Gasteiger partial charge on any atom is -0.486 e. The number of anilines is 2. The molecule has 0 radical (unpaired) electrons. The van der Waals surface area contributed by atoms with Gasteiger partial charge in [0.2, 0.25) is 0 Å². The lowest BCUT2D eigenvalue weighted by atomic mass is 10.2. The summed E-state index contributed by atoms with van der Waals surface area (Å²) in [6, 6.07) is 5.78. The summed E-state index contributed by atoms with van der Waals surface area (Å²) in [5.41, 5.74) is 1.72. The Balaban J connectivity index is 1.68. The van der Waals surface area contributed by atoms with Crippen LogP contribution in [0.15, 0.2) is 43.0 Å². The van der Waals surface area contributed by atoms with E-state index in [0.717, 1.165) is 28.7 Å². The van der Waals surface area contributed by atoms with E-state index >= 15 is 0 Å². The van der Waals surface area contributed by atoms with Gasteiger partial charge < -0.3 is 14.8 Å². The summed E-state index contributed by atoms with van der Waals surface area (Å²) in [7, 11) is 0. The fraction of sp³-hybridized carbons (Fsp3) is 0.143. The number of fused-ring (bicyclic) bond motifs is 2. The highest BCUT2D eigenvalue weighted by Gasteiger charge is 2.12. The van der Waals surface area contributed by atoms with Gasteiger partial charge in [0.25, 0.3) is 0 Å². The van der Waals surface area contributed by atoms with Gasteiger partial charge in [-0.2, -0.15) is 0 Å². The molecule has 3 heterocycles. The van der Waals surface area contributed by atoms with Crippen LogP contribution in [0.2, 0.25) is 0 Å². The van der Waals surface area contributed by atoms with Gasteiger partial charge in [-0.1, -0.05) is 0 Å². The summed E-state index contributed by atoms with van der Waals surface area (Å²) < 4.78 is 13.0. The van der Waals surface area contributed by atoms with E-state index in [4.69, 9.17) is 9.47 Å². The molecule has 0 spiro atoms. The van der Waals surface area contributed by atoms with Crippen LogP contribution in [-0.4, -0.2) is 27.6 Å². The second kappa shape index (κ2) is 4.41. The van der Waals surface area contributed by atoms with Crippen molar-refractivity contribution in [3.8, 4) is 11.5 Å². The molecule has 0 atom stereocenters. The van der Waals surface area contributed by atoms with Gasteiger partial charge in [-0.3, -0.25) is 9.38 Å². The zero-order chi connectivity index (χ0) is 13.4. The number of nitrogens with one attached hydrogen (secondary N) is 1. The van der Waals surface area contributed by atoms with Crippen molar-refractivity contribution in [1.82, 2.24) is 14.4 Å². The smallest absolute Gasteiger partial charge is 0.163 e. The maximum absolute atomic E-state index is 5.57. The largest absolute Gasteiger partial charge is 0.486 e. The van der Waals surface area contributed by atoms with Crippen LogP contribution < -0.4 is 14.8 Å². The average molecular weight is 268 g/mol. The Hall–Kier alpha value is -2.76. The topological polar surface area (TPSA) is 60.7 Å². The molecule has 0 amide bonds. The van der Waals surface area contributed by atoms with Gasteiger partial charge in [0.15, 0.2) is 17.1 Å². The minimum absolute atomic E-state index is 0.581. The molecule has 6 nitrogen and oxygen atoms in total. The van der Waals surface area contributed by atoms with Gasteiger partial charge >= 0.3 is 0 Å². The molecule has 1 aromatic carbocycles. The number of hydrogen-bond acceptors (Lipinski definition) is 5. The Labute approximate surface area is 115 Å². The van der Waals surface area contributed by atoms with Crippen molar-refractivity contribution in [3.05, 3.63) is 43.0 Å². The normalized spacial score (nSPS) is 13.4. The van der Waals surface area contributed by atoms with Crippen LogP contribution in [0.1, 0.15) is 0 Å². The molecule has 1 N–H and O–H groups in total. The van der Waals surface area contributed by atoms with E-state index in [1.54, 1.807) is 18.6 Å². The van der Waals surface area contributed by atoms with Crippen LogP contribution in [-0.2, 0) is 0 Å². The molecule has 3 aromatic rings. The maximum Gasteiger partial charge on any atom is 0.163 e. The second-order valence-electron chi connectivity index (χ2n) is 4.43. The third kappa shape index (κ3) is 1.82. The highest BCUT2D eigenvalue weighted by atomic mass is 16.6. The molecule has 2 aromatic heterocycles. The Morgan fingerprint density at radius 2 is 2.00 bits per heavy atom. The van der Waals surface area contributed by atoms with Gasteiger partial charge in [0, 0.05) is 24.1 Å². The molecule has 1 aliphatic heterocycles. The van der Waals surface area contributed by atoms with Crippen LogP contribution in [0.5, 0.6) is 11.5 Å². The van der Waals surface area contributed by atoms with Crippen LogP contribution in [0, 0.1) is 0 Å². The molecule has 0 unspecified atom stereocenters. The zero-order valence-electron chi connectivity index (χ0n) is 10.6. The van der Waals surface area contributed by atoms with E-state index in [1.165, 1.54) is 0 Å². The molecule has 0 saturated heterocycles. The van der Waals surface area contributed by atoms with E-state index in [9.17, 15) is 0 Å². The van der Waals surface area contributed by atoms with Crippen LogP contribution in [0.3, 0.4) is 0 Å². The predicted molar refractivity (Wildman–Crippen MR) is 73.7 cm³/mol. The van der Waals surface area contributed by atoms with E-state index in [1.807, 2.05) is 28.8 Å². The van der Waals surface area contributed by atoms with Crippen molar-refractivity contribution in [3.63, 3.8) is 0 Å². The lowest BCUT2D eigenvalue weighted by molar-refractivity contribution is 0.171. The molecule has 0 fully saturated rings. The fourth-order valence-corrected chi connectivity index (χ4v) is 2.20. The quantitative estimate of drug-likeness (QED) is 0.772. The first-order valence-corrected chi connectivity index (χ1v) is 6.34. The molecule has 100 valence electrons. The van der Waals surface area contributed by atoms with Gasteiger partial charge in [-0.05, 0) is 12.1 Å². The summed E-state index contributed by atoms with van der Waals surface area (Å²) in [6.45, 7) is 1.18. The molecule has 0 bridgehead atoms. The Morgan fingerprint density at radius 1 is 1.10 bits per heavy atom. The number of ether oxygens (including phenoxy) is 2. The monoisotopic (exact) mass is 268 g/mol. The molecule has 0 aliphatic carbocycles. The SMILES string of the molecule is c1cn2c(Nc3ccc4c(c3)OCCO4)cnc2cn1. The first kappa shape index (κ1) is 11.1. The molecule has 0 saturated carbocycles. The van der Waals surface area contributed by atoms with E-state index in [2.05, 4.69) is 15.3 Å². The highest BCUT2D eigenvalue weighted by Crippen LogP contribution is 2.33. The number of imidazole rings is 1. The minimum atomic E-state index is 0.581. The Bertz CT molecular complexity index is 769. The lowest BCUT2D eigenvalue weighted by Crippen LogP contribution is -2.15. The molecule has 4 rings (SSSR count). The fourth-order valence-electron chi connectivity index (χ4n) is 2.20. The van der Waals surface area contributed by atoms with Crippen molar-refractivity contribution < 1.29 is 9.47 Å². The molecule has 20 heavy (non-hydrogen) atoms. The standard InChI is InChI=1S/C14H12N4O2/c1-2-11-12(20-6-5-19-11)7-10(1)17-14-9-16-13-8-15-3-4-18(13)14/h1-4,7-9,17H,5-6H2. The van der Waals surface area contributed by atoms with Crippen molar-refractivity contribution >= 4 is 17.2 Å². The van der Waals surface area contributed by atoms with Crippen LogP contribution in [0.25, 0.3) is 5.65 Å². The van der Waals surface area contributed by atoms with Gasteiger partial charge in [-0.15, -0.1) is 0 Å². The van der Waals surface area contributed by atoms with E-state index in [0.29, 0.717) is 13.2 Å². The maximum atomic E-state index is 5.57. The number of aromatic nitrogens is 3. The van der Waals surface area contributed by atoms with E-state index in [-0.39, 0.29) is 0 Å². The number of nitrogens with zero attached hydrogens (tertiary/aromatic N) is 3. The van der Waals surface area contributed by atoms with Crippen molar-refractivity contribution in [2.75, 3.05) is 18.5 Å². The summed E-state index contributed by atoms with van der Waals surface area (Å²) in [6.07, 6.45) is 7.08. The van der Waals surface area contributed by atoms with Crippen LogP contribution >= 0.6 is 0 Å².